The Labute approximate surface area is 97.9 Å². The lowest BCUT2D eigenvalue weighted by molar-refractivity contribution is -0.384. The number of nitro benzene ring substituents is 1. The monoisotopic (exact) mass is 239 g/mol. The number of nitro groups is 1. The van der Waals surface area contributed by atoms with Gasteiger partial charge in [-0.15, -0.1) is 0 Å². The molecule has 0 amide bonds. The Balaban J connectivity index is 2.07. The van der Waals surface area contributed by atoms with Crippen LogP contribution in [0.15, 0.2) is 24.3 Å². The second-order valence-corrected chi connectivity index (χ2v) is 3.78. The van der Waals surface area contributed by atoms with Gasteiger partial charge in [0.1, 0.15) is 12.2 Å². The van der Waals surface area contributed by atoms with Crippen LogP contribution in [-0.2, 0) is 9.47 Å². The topological polar surface area (TPSA) is 81.8 Å². The van der Waals surface area contributed by atoms with E-state index in [0.717, 1.165) is 0 Å². The molecule has 0 radical (unpaired) electrons. The molecule has 1 aliphatic heterocycles. The molecular weight excluding hydrogens is 226 g/mol. The maximum atomic E-state index is 10.5. The highest BCUT2D eigenvalue weighted by atomic mass is 16.6. The number of aliphatic hydroxyl groups excluding tert-OH is 1. The molecule has 6 heteroatoms. The van der Waals surface area contributed by atoms with Gasteiger partial charge in [0.25, 0.3) is 5.69 Å². The van der Waals surface area contributed by atoms with Gasteiger partial charge >= 0.3 is 0 Å². The quantitative estimate of drug-likeness (QED) is 0.629. The van der Waals surface area contributed by atoms with Crippen molar-refractivity contribution in [2.45, 2.75) is 12.2 Å². The molecule has 1 heterocycles. The van der Waals surface area contributed by atoms with Crippen LogP contribution in [0.5, 0.6) is 0 Å². The molecule has 1 fully saturated rings. The van der Waals surface area contributed by atoms with Gasteiger partial charge in [0, 0.05) is 12.1 Å². The van der Waals surface area contributed by atoms with Gasteiger partial charge in [-0.3, -0.25) is 10.1 Å². The fourth-order valence-corrected chi connectivity index (χ4v) is 1.70. The summed E-state index contributed by atoms with van der Waals surface area (Å²) in [5, 5.41) is 20.5. The number of hydrogen-bond donors (Lipinski definition) is 1. The summed E-state index contributed by atoms with van der Waals surface area (Å²) in [7, 11) is 0. The first-order valence-corrected chi connectivity index (χ1v) is 5.30. The molecule has 6 nitrogen and oxygen atoms in total. The molecule has 17 heavy (non-hydrogen) atoms. The zero-order valence-corrected chi connectivity index (χ0v) is 9.11. The van der Waals surface area contributed by atoms with Crippen LogP contribution < -0.4 is 0 Å². The van der Waals surface area contributed by atoms with Crippen molar-refractivity contribution in [1.29, 1.82) is 0 Å². The summed E-state index contributed by atoms with van der Waals surface area (Å²) in [6.45, 7) is 1.32. The zero-order chi connectivity index (χ0) is 12.3. The summed E-state index contributed by atoms with van der Waals surface area (Å²) < 4.78 is 10.6. The molecule has 0 saturated carbocycles. The molecule has 0 aliphatic carbocycles. The number of nitrogens with zero attached hydrogens (tertiary/aromatic N) is 1. The third-order valence-electron chi connectivity index (χ3n) is 2.64. The number of ether oxygens (including phenoxy) is 2. The smallest absolute Gasteiger partial charge is 0.269 e. The standard InChI is InChI=1S/C11H13NO5/c13-11(10-7-16-5-6-17-10)8-1-3-9(4-2-8)12(14)15/h1-4,10-11,13H,5-7H2/t10-,11+/m1/s1. The molecule has 1 aliphatic rings. The van der Waals surface area contributed by atoms with E-state index in [1.165, 1.54) is 24.3 Å². The third kappa shape index (κ3) is 2.79. The van der Waals surface area contributed by atoms with Gasteiger partial charge in [-0.2, -0.15) is 0 Å². The average molecular weight is 239 g/mol. The molecule has 2 atom stereocenters. The minimum atomic E-state index is -0.823. The zero-order valence-electron chi connectivity index (χ0n) is 9.11. The summed E-state index contributed by atoms with van der Waals surface area (Å²) in [6.07, 6.45) is -1.23. The van der Waals surface area contributed by atoms with Crippen LogP contribution in [0.1, 0.15) is 11.7 Å². The van der Waals surface area contributed by atoms with E-state index < -0.39 is 17.1 Å². The minimum absolute atomic E-state index is 0.00163. The number of benzene rings is 1. The Hall–Kier alpha value is -1.50. The maximum Gasteiger partial charge on any atom is 0.269 e. The van der Waals surface area contributed by atoms with Crippen molar-refractivity contribution >= 4 is 5.69 Å². The molecule has 0 aromatic heterocycles. The molecule has 1 aromatic rings. The van der Waals surface area contributed by atoms with E-state index in [0.29, 0.717) is 25.4 Å². The Bertz CT molecular complexity index is 385. The average Bonchev–Trinajstić information content (AvgIpc) is 2.39. The van der Waals surface area contributed by atoms with E-state index in [-0.39, 0.29) is 5.69 Å². The summed E-state index contributed by atoms with van der Waals surface area (Å²) in [6, 6.07) is 5.78. The first-order chi connectivity index (χ1) is 8.18. The van der Waals surface area contributed by atoms with Gasteiger partial charge in [-0.05, 0) is 17.7 Å². The lowest BCUT2D eigenvalue weighted by Gasteiger charge is -2.27. The fraction of sp³-hybridized carbons (Fsp3) is 0.455. The van der Waals surface area contributed by atoms with Crippen molar-refractivity contribution in [2.75, 3.05) is 19.8 Å². The minimum Gasteiger partial charge on any atom is -0.386 e. The van der Waals surface area contributed by atoms with Crippen molar-refractivity contribution in [3.8, 4) is 0 Å². The van der Waals surface area contributed by atoms with Crippen LogP contribution in [0, 0.1) is 10.1 Å². The normalized spacial score (nSPS) is 22.1. The molecule has 92 valence electrons. The Morgan fingerprint density at radius 2 is 2.06 bits per heavy atom. The number of rotatable bonds is 3. The van der Waals surface area contributed by atoms with E-state index in [1.807, 2.05) is 0 Å². The van der Waals surface area contributed by atoms with Crippen LogP contribution in [-0.4, -0.2) is 36.0 Å². The highest BCUT2D eigenvalue weighted by Crippen LogP contribution is 2.23. The second-order valence-electron chi connectivity index (χ2n) is 3.78. The van der Waals surface area contributed by atoms with Gasteiger partial charge in [0.15, 0.2) is 0 Å². The molecule has 1 aromatic carbocycles. The summed E-state index contributed by atoms with van der Waals surface area (Å²) in [5.74, 6) is 0. The van der Waals surface area contributed by atoms with Gasteiger partial charge in [-0.25, -0.2) is 0 Å². The van der Waals surface area contributed by atoms with Crippen molar-refractivity contribution < 1.29 is 19.5 Å². The fourth-order valence-electron chi connectivity index (χ4n) is 1.70. The molecule has 2 rings (SSSR count). The van der Waals surface area contributed by atoms with E-state index >= 15 is 0 Å². The Morgan fingerprint density at radius 3 is 2.59 bits per heavy atom. The van der Waals surface area contributed by atoms with Crippen molar-refractivity contribution in [3.05, 3.63) is 39.9 Å². The number of non-ortho nitro benzene ring substituents is 1. The number of hydrogen-bond acceptors (Lipinski definition) is 5. The predicted molar refractivity (Wildman–Crippen MR) is 58.6 cm³/mol. The molecule has 0 spiro atoms. The van der Waals surface area contributed by atoms with Crippen LogP contribution in [0.3, 0.4) is 0 Å². The summed E-state index contributed by atoms with van der Waals surface area (Å²) >= 11 is 0. The second kappa shape index (κ2) is 5.22. The van der Waals surface area contributed by atoms with E-state index in [1.54, 1.807) is 0 Å². The van der Waals surface area contributed by atoms with Crippen LogP contribution in [0.2, 0.25) is 0 Å². The van der Waals surface area contributed by atoms with Crippen LogP contribution in [0.4, 0.5) is 5.69 Å². The Kier molecular flexibility index (Phi) is 3.68. The lowest BCUT2D eigenvalue weighted by atomic mass is 10.0. The molecule has 0 unspecified atom stereocenters. The van der Waals surface area contributed by atoms with E-state index in [4.69, 9.17) is 9.47 Å². The summed E-state index contributed by atoms with van der Waals surface area (Å²) in [5.41, 5.74) is 0.591. The third-order valence-corrected chi connectivity index (χ3v) is 2.64. The highest BCUT2D eigenvalue weighted by Gasteiger charge is 2.24. The van der Waals surface area contributed by atoms with Crippen LogP contribution in [0.25, 0.3) is 0 Å². The van der Waals surface area contributed by atoms with E-state index in [2.05, 4.69) is 0 Å². The molecule has 0 bridgehead atoms. The predicted octanol–water partition coefficient (Wildman–Crippen LogP) is 1.04. The molecular formula is C11H13NO5. The maximum absolute atomic E-state index is 10.5. The van der Waals surface area contributed by atoms with Gasteiger partial charge in [0.05, 0.1) is 24.7 Å². The lowest BCUT2D eigenvalue weighted by Crippen LogP contribution is -2.33. The Morgan fingerprint density at radius 1 is 1.35 bits per heavy atom. The van der Waals surface area contributed by atoms with Crippen LogP contribution >= 0.6 is 0 Å². The van der Waals surface area contributed by atoms with Gasteiger partial charge < -0.3 is 14.6 Å². The highest BCUT2D eigenvalue weighted by molar-refractivity contribution is 5.34. The van der Waals surface area contributed by atoms with Gasteiger partial charge in [0.2, 0.25) is 0 Å². The molecule has 1 saturated heterocycles. The number of aliphatic hydroxyl groups is 1. The van der Waals surface area contributed by atoms with E-state index in [9.17, 15) is 15.2 Å². The van der Waals surface area contributed by atoms with Crippen molar-refractivity contribution in [2.24, 2.45) is 0 Å². The van der Waals surface area contributed by atoms with Crippen molar-refractivity contribution in [1.82, 2.24) is 0 Å². The molecule has 1 N–H and O–H groups in total. The van der Waals surface area contributed by atoms with Gasteiger partial charge in [-0.1, -0.05) is 0 Å². The first kappa shape index (κ1) is 12.0. The van der Waals surface area contributed by atoms with Crippen molar-refractivity contribution in [3.63, 3.8) is 0 Å². The summed E-state index contributed by atoms with van der Waals surface area (Å²) in [4.78, 5) is 10.0. The largest absolute Gasteiger partial charge is 0.386 e. The first-order valence-electron chi connectivity index (χ1n) is 5.30. The SMILES string of the molecule is O=[N+]([O-])c1ccc([C@H](O)[C@H]2COCCO2)cc1.